The smallest absolute Gasteiger partial charge is 0.306 e. The number of alkyl halides is 1. The zero-order valence-electron chi connectivity index (χ0n) is 15.3. The van der Waals surface area contributed by atoms with Crippen molar-refractivity contribution in [2.75, 3.05) is 18.5 Å². The second-order valence-electron chi connectivity index (χ2n) is 5.94. The molecule has 2 aromatic rings. The number of fused-ring (bicyclic) bond motifs is 1. The Balaban J connectivity index is 2.37. The largest absolute Gasteiger partial charge is 0.493 e. The first-order chi connectivity index (χ1) is 12.6. The molecule has 0 aliphatic heterocycles. The number of hydrogen-bond acceptors (Lipinski definition) is 5. The Morgan fingerprint density at radius 2 is 2.04 bits per heavy atom. The Bertz CT molecular complexity index is 797. The first kappa shape index (κ1) is 20.5. The maximum Gasteiger partial charge on any atom is 0.306 e. The molecule has 0 aliphatic rings. The zero-order chi connectivity index (χ0) is 18.9. The summed E-state index contributed by atoms with van der Waals surface area (Å²) in [6, 6.07) is 5.05. The van der Waals surface area contributed by atoms with Crippen LogP contribution in [0.2, 0.25) is 0 Å². The Morgan fingerprint density at radius 1 is 1.23 bits per heavy atom. The Morgan fingerprint density at radius 3 is 2.73 bits per heavy atom. The van der Waals surface area contributed by atoms with Gasteiger partial charge in [-0.25, -0.2) is 0 Å². The van der Waals surface area contributed by atoms with Gasteiger partial charge in [0.25, 0.3) is 0 Å². The standard InChI is InChI=1S/C20H25BrO5/c1-3-6-16-18(25-12-5-11-21)9-8-15-17(22)13-14(26-20(15)16)7-10-19(23)24-4-2/h8-9,13H,3-7,10-12H2,1-2H3. The molecule has 26 heavy (non-hydrogen) atoms. The van der Waals surface area contributed by atoms with E-state index < -0.39 is 0 Å². The summed E-state index contributed by atoms with van der Waals surface area (Å²) < 4.78 is 16.8. The van der Waals surface area contributed by atoms with Gasteiger partial charge in [-0.05, 0) is 31.9 Å². The number of aryl methyl sites for hydroxylation is 2. The van der Waals surface area contributed by atoms with Gasteiger partial charge < -0.3 is 13.9 Å². The number of carbonyl (C=O) groups is 1. The van der Waals surface area contributed by atoms with Crippen molar-refractivity contribution >= 4 is 32.9 Å². The van der Waals surface area contributed by atoms with Gasteiger partial charge >= 0.3 is 5.97 Å². The fourth-order valence-corrected chi connectivity index (χ4v) is 2.97. The van der Waals surface area contributed by atoms with Gasteiger partial charge in [0.15, 0.2) is 5.43 Å². The first-order valence-electron chi connectivity index (χ1n) is 9.03. The molecule has 0 aliphatic carbocycles. The second-order valence-corrected chi connectivity index (χ2v) is 6.73. The lowest BCUT2D eigenvalue weighted by Gasteiger charge is -2.13. The predicted octanol–water partition coefficient (Wildman–Crippen LogP) is 4.41. The quantitative estimate of drug-likeness (QED) is 0.321. The summed E-state index contributed by atoms with van der Waals surface area (Å²) in [7, 11) is 0. The van der Waals surface area contributed by atoms with Crippen molar-refractivity contribution in [2.45, 2.75) is 46.0 Å². The number of ether oxygens (including phenoxy) is 2. The third-order valence-corrected chi connectivity index (χ3v) is 4.49. The third-order valence-electron chi connectivity index (χ3n) is 3.92. The molecule has 0 amide bonds. The molecule has 0 bridgehead atoms. The van der Waals surface area contributed by atoms with Gasteiger partial charge in [0.05, 0.1) is 25.0 Å². The summed E-state index contributed by atoms with van der Waals surface area (Å²) in [6.07, 6.45) is 3.08. The van der Waals surface area contributed by atoms with E-state index in [0.717, 1.165) is 35.9 Å². The molecule has 142 valence electrons. The molecule has 1 aromatic heterocycles. The summed E-state index contributed by atoms with van der Waals surface area (Å²) in [5.74, 6) is 0.951. The van der Waals surface area contributed by atoms with E-state index in [2.05, 4.69) is 22.9 Å². The topological polar surface area (TPSA) is 65.7 Å². The summed E-state index contributed by atoms with van der Waals surface area (Å²) in [5, 5.41) is 1.41. The minimum atomic E-state index is -0.295. The molecule has 0 atom stereocenters. The van der Waals surface area contributed by atoms with Gasteiger partial charge in [-0.3, -0.25) is 9.59 Å². The summed E-state index contributed by atoms with van der Waals surface area (Å²) >= 11 is 3.39. The molecular weight excluding hydrogens is 400 g/mol. The molecule has 0 saturated heterocycles. The van der Waals surface area contributed by atoms with Crippen LogP contribution in [0.3, 0.4) is 0 Å². The molecule has 6 heteroatoms. The molecule has 0 fully saturated rings. The number of benzene rings is 1. The fraction of sp³-hybridized carbons (Fsp3) is 0.500. The lowest BCUT2D eigenvalue weighted by molar-refractivity contribution is -0.143. The Kier molecular flexibility index (Phi) is 8.16. The van der Waals surface area contributed by atoms with Crippen molar-refractivity contribution < 1.29 is 18.7 Å². The lowest BCUT2D eigenvalue weighted by Crippen LogP contribution is -2.09. The third kappa shape index (κ3) is 5.34. The number of hydrogen-bond donors (Lipinski definition) is 0. The monoisotopic (exact) mass is 424 g/mol. The van der Waals surface area contributed by atoms with Gasteiger partial charge in [0, 0.05) is 23.4 Å². The van der Waals surface area contributed by atoms with Gasteiger partial charge in [-0.15, -0.1) is 0 Å². The van der Waals surface area contributed by atoms with E-state index in [9.17, 15) is 9.59 Å². The van der Waals surface area contributed by atoms with Crippen LogP contribution >= 0.6 is 15.9 Å². The Hall–Kier alpha value is -1.82. The molecule has 5 nitrogen and oxygen atoms in total. The van der Waals surface area contributed by atoms with Crippen LogP contribution in [0.25, 0.3) is 11.0 Å². The van der Waals surface area contributed by atoms with Crippen molar-refractivity contribution in [2.24, 2.45) is 0 Å². The van der Waals surface area contributed by atoms with Crippen molar-refractivity contribution in [3.63, 3.8) is 0 Å². The highest BCUT2D eigenvalue weighted by Crippen LogP contribution is 2.29. The van der Waals surface area contributed by atoms with Gasteiger partial charge in [-0.1, -0.05) is 29.3 Å². The van der Waals surface area contributed by atoms with E-state index in [1.165, 1.54) is 6.07 Å². The van der Waals surface area contributed by atoms with Crippen LogP contribution < -0.4 is 10.2 Å². The average molecular weight is 425 g/mol. The SMILES string of the molecule is CCCc1c(OCCCBr)ccc2c(=O)cc(CCC(=O)OCC)oc12. The molecule has 2 rings (SSSR count). The highest BCUT2D eigenvalue weighted by Gasteiger charge is 2.15. The van der Waals surface area contributed by atoms with E-state index in [4.69, 9.17) is 13.9 Å². The van der Waals surface area contributed by atoms with E-state index in [1.807, 2.05) is 6.07 Å². The molecule has 1 heterocycles. The highest BCUT2D eigenvalue weighted by molar-refractivity contribution is 9.09. The maximum atomic E-state index is 12.5. The average Bonchev–Trinajstić information content (AvgIpc) is 2.62. The van der Waals surface area contributed by atoms with Crippen molar-refractivity contribution in [1.82, 2.24) is 0 Å². The number of esters is 1. The fourth-order valence-electron chi connectivity index (χ4n) is 2.75. The van der Waals surface area contributed by atoms with Crippen LogP contribution in [0.4, 0.5) is 0 Å². The predicted molar refractivity (Wildman–Crippen MR) is 105 cm³/mol. The molecule has 0 N–H and O–H groups in total. The van der Waals surface area contributed by atoms with Crippen LogP contribution in [0, 0.1) is 0 Å². The second kappa shape index (κ2) is 10.4. The minimum absolute atomic E-state index is 0.102. The van der Waals surface area contributed by atoms with Gasteiger partial charge in [0.1, 0.15) is 17.1 Å². The Labute approximate surface area is 161 Å². The normalized spacial score (nSPS) is 10.9. The van der Waals surface area contributed by atoms with E-state index >= 15 is 0 Å². The molecule has 0 saturated carbocycles. The molecular formula is C20H25BrO5. The van der Waals surface area contributed by atoms with Crippen LogP contribution in [0.15, 0.2) is 27.4 Å². The summed E-state index contributed by atoms with van der Waals surface area (Å²) in [6.45, 7) is 4.78. The van der Waals surface area contributed by atoms with Crippen molar-refractivity contribution in [1.29, 1.82) is 0 Å². The van der Waals surface area contributed by atoms with Crippen molar-refractivity contribution in [3.8, 4) is 5.75 Å². The first-order valence-corrected chi connectivity index (χ1v) is 10.2. The zero-order valence-corrected chi connectivity index (χ0v) is 16.9. The van der Waals surface area contributed by atoms with E-state index in [-0.39, 0.29) is 17.8 Å². The maximum absolute atomic E-state index is 12.5. The van der Waals surface area contributed by atoms with Gasteiger partial charge in [0.2, 0.25) is 0 Å². The molecule has 0 unspecified atom stereocenters. The van der Waals surface area contributed by atoms with E-state index in [0.29, 0.717) is 36.4 Å². The summed E-state index contributed by atoms with van der Waals surface area (Å²) in [4.78, 5) is 24.0. The molecule has 0 spiro atoms. The van der Waals surface area contributed by atoms with Crippen LogP contribution in [-0.2, 0) is 22.4 Å². The van der Waals surface area contributed by atoms with Crippen molar-refractivity contribution in [3.05, 3.63) is 39.7 Å². The molecule has 1 aromatic carbocycles. The molecule has 0 radical (unpaired) electrons. The van der Waals surface area contributed by atoms with E-state index in [1.54, 1.807) is 13.0 Å². The number of rotatable bonds is 10. The van der Waals surface area contributed by atoms with Crippen LogP contribution in [0.1, 0.15) is 44.4 Å². The van der Waals surface area contributed by atoms with Gasteiger partial charge in [-0.2, -0.15) is 0 Å². The number of halogens is 1. The highest BCUT2D eigenvalue weighted by atomic mass is 79.9. The lowest BCUT2D eigenvalue weighted by atomic mass is 10.0. The van der Waals surface area contributed by atoms with Crippen LogP contribution in [-0.4, -0.2) is 24.5 Å². The number of carbonyl (C=O) groups excluding carboxylic acids is 1. The van der Waals surface area contributed by atoms with Crippen LogP contribution in [0.5, 0.6) is 5.75 Å². The minimum Gasteiger partial charge on any atom is -0.493 e. The summed E-state index contributed by atoms with van der Waals surface area (Å²) in [5.41, 5.74) is 1.37.